The van der Waals surface area contributed by atoms with E-state index in [1.165, 1.54) is 24.3 Å². The van der Waals surface area contributed by atoms with Gasteiger partial charge in [0.15, 0.2) is 0 Å². The van der Waals surface area contributed by atoms with Gasteiger partial charge in [0.1, 0.15) is 0 Å². The lowest BCUT2D eigenvalue weighted by atomic mass is 10.1. The molecule has 0 spiro atoms. The Kier molecular flexibility index (Phi) is 3.98. The summed E-state index contributed by atoms with van der Waals surface area (Å²) in [7, 11) is 0. The van der Waals surface area contributed by atoms with Gasteiger partial charge < -0.3 is 0 Å². The van der Waals surface area contributed by atoms with E-state index in [9.17, 15) is 20.2 Å². The lowest BCUT2D eigenvalue weighted by Crippen LogP contribution is -1.90. The molecule has 0 saturated carbocycles. The van der Waals surface area contributed by atoms with Crippen LogP contribution in [0.4, 0.5) is 11.4 Å². The molecule has 118 valence electrons. The summed E-state index contributed by atoms with van der Waals surface area (Å²) in [5, 5.41) is 21.5. The molecule has 2 aromatic carbocycles. The molecular weight excluding hydrogens is 310 g/mol. The van der Waals surface area contributed by atoms with E-state index in [1.807, 2.05) is 6.07 Å². The highest BCUT2D eigenvalue weighted by molar-refractivity contribution is 5.68. The summed E-state index contributed by atoms with van der Waals surface area (Å²) in [4.78, 5) is 24.9. The maximum absolute atomic E-state index is 10.8. The van der Waals surface area contributed by atoms with Gasteiger partial charge in [-0.2, -0.15) is 0 Å². The number of benzene rings is 2. The number of nitro benzene ring substituents is 2. The molecule has 7 heteroatoms. The Balaban J connectivity index is 1.89. The molecule has 3 rings (SSSR count). The Labute approximate surface area is 136 Å². The van der Waals surface area contributed by atoms with Crippen LogP contribution in [0.15, 0.2) is 66.9 Å². The molecule has 0 amide bonds. The van der Waals surface area contributed by atoms with Crippen LogP contribution in [0.1, 0.15) is 0 Å². The average molecular weight is 321 g/mol. The molecule has 1 aromatic heterocycles. The number of nitro groups is 2. The van der Waals surface area contributed by atoms with Gasteiger partial charge in [-0.25, -0.2) is 0 Å². The highest BCUT2D eigenvalue weighted by Gasteiger charge is 2.09. The number of aromatic nitrogens is 1. The lowest BCUT2D eigenvalue weighted by molar-refractivity contribution is -0.385. The zero-order valence-corrected chi connectivity index (χ0v) is 12.3. The molecule has 0 aliphatic heterocycles. The van der Waals surface area contributed by atoms with E-state index in [0.717, 1.165) is 11.1 Å². The number of hydrogen-bond acceptors (Lipinski definition) is 5. The Morgan fingerprint density at radius 3 is 1.96 bits per heavy atom. The number of pyridine rings is 1. The van der Waals surface area contributed by atoms with Crippen LogP contribution >= 0.6 is 0 Å². The van der Waals surface area contributed by atoms with Crippen molar-refractivity contribution in [2.24, 2.45) is 0 Å². The first-order chi connectivity index (χ1) is 11.5. The lowest BCUT2D eigenvalue weighted by Gasteiger charge is -2.04. The van der Waals surface area contributed by atoms with Crippen molar-refractivity contribution in [3.63, 3.8) is 0 Å². The van der Waals surface area contributed by atoms with E-state index in [-0.39, 0.29) is 11.4 Å². The second kappa shape index (κ2) is 6.25. The van der Waals surface area contributed by atoms with Gasteiger partial charge in [0.25, 0.3) is 11.4 Å². The standard InChI is InChI=1S/C17H11N3O4/c21-19(22)15-7-4-12(5-8-15)14-6-9-17(18-11-14)13-2-1-3-16(10-13)20(23)24/h1-11H. The second-order valence-corrected chi connectivity index (χ2v) is 5.04. The van der Waals surface area contributed by atoms with Gasteiger partial charge in [0, 0.05) is 41.6 Å². The molecule has 1 heterocycles. The SMILES string of the molecule is O=[N+]([O-])c1ccc(-c2ccc(-c3cccc([N+](=O)[O-])c3)nc2)cc1. The average Bonchev–Trinajstić information content (AvgIpc) is 2.62. The molecule has 0 unspecified atom stereocenters. The van der Waals surface area contributed by atoms with Crippen molar-refractivity contribution in [2.45, 2.75) is 0 Å². The normalized spacial score (nSPS) is 10.3. The van der Waals surface area contributed by atoms with Crippen molar-refractivity contribution in [3.8, 4) is 22.4 Å². The van der Waals surface area contributed by atoms with Crippen LogP contribution in [0.3, 0.4) is 0 Å². The van der Waals surface area contributed by atoms with Crippen molar-refractivity contribution in [1.29, 1.82) is 0 Å². The summed E-state index contributed by atoms with van der Waals surface area (Å²) in [5.41, 5.74) is 2.91. The molecule has 24 heavy (non-hydrogen) atoms. The third-order valence-electron chi connectivity index (χ3n) is 3.53. The van der Waals surface area contributed by atoms with Gasteiger partial charge in [0.2, 0.25) is 0 Å². The topological polar surface area (TPSA) is 99.2 Å². The highest BCUT2D eigenvalue weighted by Crippen LogP contribution is 2.26. The van der Waals surface area contributed by atoms with Crippen LogP contribution in [0.5, 0.6) is 0 Å². The molecule has 0 bridgehead atoms. The number of rotatable bonds is 4. The minimum absolute atomic E-state index is 0.00810. The minimum atomic E-state index is -0.451. The molecule has 0 aliphatic carbocycles. The summed E-state index contributed by atoms with van der Waals surface area (Å²) >= 11 is 0. The predicted molar refractivity (Wildman–Crippen MR) is 88.4 cm³/mol. The fourth-order valence-corrected chi connectivity index (χ4v) is 2.29. The van der Waals surface area contributed by atoms with Crippen molar-refractivity contribution >= 4 is 11.4 Å². The number of nitrogens with zero attached hydrogens (tertiary/aromatic N) is 3. The van der Waals surface area contributed by atoms with Crippen LogP contribution in [-0.2, 0) is 0 Å². The van der Waals surface area contributed by atoms with E-state index < -0.39 is 9.85 Å². The number of hydrogen-bond donors (Lipinski definition) is 0. The summed E-state index contributed by atoms with van der Waals surface area (Å²) in [6.07, 6.45) is 1.63. The van der Waals surface area contributed by atoms with E-state index in [1.54, 1.807) is 36.5 Å². The summed E-state index contributed by atoms with van der Waals surface area (Å²) in [6, 6.07) is 16.0. The van der Waals surface area contributed by atoms with Crippen molar-refractivity contribution in [3.05, 3.63) is 87.1 Å². The number of non-ortho nitro benzene ring substituents is 2. The fourth-order valence-electron chi connectivity index (χ4n) is 2.29. The first kappa shape index (κ1) is 15.3. The Morgan fingerprint density at radius 2 is 1.38 bits per heavy atom. The van der Waals surface area contributed by atoms with E-state index in [2.05, 4.69) is 4.98 Å². The Hall–Kier alpha value is -3.61. The smallest absolute Gasteiger partial charge is 0.258 e. The third-order valence-corrected chi connectivity index (χ3v) is 3.53. The van der Waals surface area contributed by atoms with Crippen LogP contribution < -0.4 is 0 Å². The maximum Gasteiger partial charge on any atom is 0.270 e. The van der Waals surface area contributed by atoms with Crippen molar-refractivity contribution < 1.29 is 9.85 Å². The van der Waals surface area contributed by atoms with E-state index >= 15 is 0 Å². The molecule has 0 aliphatic rings. The molecule has 3 aromatic rings. The van der Waals surface area contributed by atoms with Gasteiger partial charge >= 0.3 is 0 Å². The third kappa shape index (κ3) is 3.09. The first-order valence-corrected chi connectivity index (χ1v) is 7.00. The van der Waals surface area contributed by atoms with Gasteiger partial charge in [0.05, 0.1) is 15.5 Å². The molecule has 7 nitrogen and oxygen atoms in total. The van der Waals surface area contributed by atoms with Gasteiger partial charge in [-0.05, 0) is 23.8 Å². The van der Waals surface area contributed by atoms with Crippen LogP contribution in [-0.4, -0.2) is 14.8 Å². The largest absolute Gasteiger partial charge is 0.270 e. The van der Waals surface area contributed by atoms with Crippen molar-refractivity contribution in [1.82, 2.24) is 4.98 Å². The van der Waals surface area contributed by atoms with Gasteiger partial charge in [-0.15, -0.1) is 0 Å². The zero-order valence-electron chi connectivity index (χ0n) is 12.3. The molecule has 0 N–H and O–H groups in total. The summed E-state index contributed by atoms with van der Waals surface area (Å²) < 4.78 is 0. The van der Waals surface area contributed by atoms with E-state index in [4.69, 9.17) is 0 Å². The van der Waals surface area contributed by atoms with Crippen LogP contribution in [0, 0.1) is 20.2 Å². The monoisotopic (exact) mass is 321 g/mol. The molecule has 0 saturated heterocycles. The van der Waals surface area contributed by atoms with Gasteiger partial charge in [-0.3, -0.25) is 25.2 Å². The first-order valence-electron chi connectivity index (χ1n) is 7.00. The summed E-state index contributed by atoms with van der Waals surface area (Å²) in [5.74, 6) is 0. The van der Waals surface area contributed by atoms with Crippen molar-refractivity contribution in [2.75, 3.05) is 0 Å². The zero-order chi connectivity index (χ0) is 17.1. The van der Waals surface area contributed by atoms with Crippen LogP contribution in [0.25, 0.3) is 22.4 Å². The minimum Gasteiger partial charge on any atom is -0.258 e. The second-order valence-electron chi connectivity index (χ2n) is 5.04. The quantitative estimate of drug-likeness (QED) is 0.529. The Bertz CT molecular complexity index is 906. The van der Waals surface area contributed by atoms with E-state index in [0.29, 0.717) is 11.3 Å². The molecule has 0 radical (unpaired) electrons. The highest BCUT2D eigenvalue weighted by atomic mass is 16.6. The maximum atomic E-state index is 10.8. The predicted octanol–water partition coefficient (Wildman–Crippen LogP) is 4.23. The fraction of sp³-hybridized carbons (Fsp3) is 0. The van der Waals surface area contributed by atoms with Crippen LogP contribution in [0.2, 0.25) is 0 Å². The molecule has 0 atom stereocenters. The Morgan fingerprint density at radius 1 is 0.708 bits per heavy atom. The molecule has 0 fully saturated rings. The summed E-state index contributed by atoms with van der Waals surface area (Å²) in [6.45, 7) is 0. The van der Waals surface area contributed by atoms with Gasteiger partial charge in [-0.1, -0.05) is 18.2 Å². The molecular formula is C17H11N3O4.